The van der Waals surface area contributed by atoms with E-state index in [0.29, 0.717) is 10.6 Å². The van der Waals surface area contributed by atoms with Crippen LogP contribution in [0, 0.1) is 0 Å². The predicted octanol–water partition coefficient (Wildman–Crippen LogP) is 3.41. The summed E-state index contributed by atoms with van der Waals surface area (Å²) in [5, 5.41) is 0.432. The number of nitrogens with zero attached hydrogens (tertiary/aromatic N) is 3. The number of hydrogen-bond donors (Lipinski definition) is 0. The van der Waals surface area contributed by atoms with E-state index in [0.717, 1.165) is 26.6 Å². The number of imide groups is 2. The van der Waals surface area contributed by atoms with Crippen molar-refractivity contribution in [2.75, 3.05) is 26.0 Å². The number of likely N-dealkylation sites (N-methyl/N-ethyl adjacent to an activating group) is 3. The molecule has 3 rings (SSSR count). The molecule has 2 aliphatic rings. The van der Waals surface area contributed by atoms with Gasteiger partial charge in [-0.15, -0.1) is 0 Å². The maximum Gasteiger partial charge on any atom is 0.333 e. The van der Waals surface area contributed by atoms with Crippen molar-refractivity contribution in [3.63, 3.8) is 0 Å². The number of allylic oxidation sites excluding steroid dienone is 1. The molecule has 7 heteroatoms. The summed E-state index contributed by atoms with van der Waals surface area (Å²) in [4.78, 5) is 40.7. The quantitative estimate of drug-likeness (QED) is 0.547. The fraction of sp³-hybridized carbons (Fsp3) is 0.350. The van der Waals surface area contributed by atoms with Crippen molar-refractivity contribution in [1.82, 2.24) is 9.80 Å². The zero-order chi connectivity index (χ0) is 20.3. The van der Waals surface area contributed by atoms with Gasteiger partial charge in [-0.2, -0.15) is 0 Å². The molecule has 0 spiro atoms. The van der Waals surface area contributed by atoms with Crippen molar-refractivity contribution in [1.29, 1.82) is 0 Å². The van der Waals surface area contributed by atoms with Crippen molar-refractivity contribution < 1.29 is 14.4 Å². The summed E-state index contributed by atoms with van der Waals surface area (Å²) in [5.74, 6) is -1.27. The lowest BCUT2D eigenvalue weighted by Crippen LogP contribution is -2.52. The predicted molar refractivity (Wildman–Crippen MR) is 106 cm³/mol. The van der Waals surface area contributed by atoms with Gasteiger partial charge in [0.15, 0.2) is 0 Å². The second-order valence-electron chi connectivity index (χ2n) is 7.50. The van der Waals surface area contributed by atoms with Crippen LogP contribution in [0.4, 0.5) is 10.5 Å². The lowest BCUT2D eigenvalue weighted by Gasteiger charge is -2.41. The monoisotopic (exact) mass is 387 g/mol. The van der Waals surface area contributed by atoms with Crippen LogP contribution in [-0.2, 0) is 9.59 Å². The van der Waals surface area contributed by atoms with Gasteiger partial charge < -0.3 is 4.90 Å². The molecule has 2 aliphatic heterocycles. The van der Waals surface area contributed by atoms with Gasteiger partial charge in [0.1, 0.15) is 5.57 Å². The van der Waals surface area contributed by atoms with Gasteiger partial charge in [0, 0.05) is 37.4 Å². The molecule has 0 aliphatic carbocycles. The highest BCUT2D eigenvalue weighted by molar-refractivity contribution is 6.34. The number of urea groups is 1. The van der Waals surface area contributed by atoms with E-state index < -0.39 is 17.8 Å². The molecule has 4 amide bonds. The number of barbiturate groups is 1. The lowest BCUT2D eigenvalue weighted by atomic mass is 9.88. The van der Waals surface area contributed by atoms with E-state index in [2.05, 4.69) is 24.8 Å². The molecule has 27 heavy (non-hydrogen) atoms. The van der Waals surface area contributed by atoms with Gasteiger partial charge in [0.05, 0.1) is 5.54 Å². The molecule has 0 unspecified atom stereocenters. The van der Waals surface area contributed by atoms with E-state index in [9.17, 15) is 14.4 Å². The summed E-state index contributed by atoms with van der Waals surface area (Å²) >= 11 is 6.48. The number of carbonyl (C=O) groups is 3. The summed E-state index contributed by atoms with van der Waals surface area (Å²) in [6.45, 7) is 6.26. The molecule has 1 aromatic rings. The number of hydrogen-bond acceptors (Lipinski definition) is 4. The lowest BCUT2D eigenvalue weighted by molar-refractivity contribution is -0.134. The Balaban J connectivity index is 2.13. The number of rotatable bonds is 1. The first-order valence-corrected chi connectivity index (χ1v) is 8.92. The summed E-state index contributed by atoms with van der Waals surface area (Å²) in [6.07, 6.45) is 3.62. The molecule has 142 valence electrons. The number of benzene rings is 1. The van der Waals surface area contributed by atoms with Gasteiger partial charge in [-0.1, -0.05) is 17.7 Å². The second-order valence-corrected chi connectivity index (χ2v) is 7.91. The minimum Gasteiger partial charge on any atom is -0.365 e. The van der Waals surface area contributed by atoms with Crippen LogP contribution in [0.5, 0.6) is 0 Å². The minimum absolute atomic E-state index is 0.0902. The van der Waals surface area contributed by atoms with Crippen LogP contribution in [0.15, 0.2) is 23.8 Å². The molecular formula is C20H22ClN3O3. The maximum absolute atomic E-state index is 12.4. The largest absolute Gasteiger partial charge is 0.365 e. The fourth-order valence-corrected chi connectivity index (χ4v) is 3.64. The molecule has 0 atom stereocenters. The Morgan fingerprint density at radius 2 is 1.56 bits per heavy atom. The van der Waals surface area contributed by atoms with Gasteiger partial charge in [-0.05, 0) is 50.1 Å². The SMILES string of the molecule is CC1=CC(C)(C)N(C)c2cc(Cl)c(C=C3C(=O)N(C)C(=O)N(C)C3=O)cc21. The molecule has 0 N–H and O–H groups in total. The van der Waals surface area contributed by atoms with E-state index in [1.165, 1.54) is 20.2 Å². The van der Waals surface area contributed by atoms with Gasteiger partial charge >= 0.3 is 6.03 Å². The highest BCUT2D eigenvalue weighted by atomic mass is 35.5. The summed E-state index contributed by atoms with van der Waals surface area (Å²) < 4.78 is 0. The number of carbonyl (C=O) groups excluding carboxylic acids is 3. The van der Waals surface area contributed by atoms with Gasteiger partial charge in [0.25, 0.3) is 11.8 Å². The Morgan fingerprint density at radius 3 is 2.11 bits per heavy atom. The first-order valence-electron chi connectivity index (χ1n) is 8.54. The Hall–Kier alpha value is -2.60. The Bertz CT molecular complexity index is 920. The van der Waals surface area contributed by atoms with Gasteiger partial charge in [-0.25, -0.2) is 4.79 Å². The molecule has 0 bridgehead atoms. The van der Waals surface area contributed by atoms with E-state index in [4.69, 9.17) is 11.6 Å². The fourth-order valence-electron chi connectivity index (χ4n) is 3.43. The number of amides is 4. The molecule has 0 radical (unpaired) electrons. The summed E-state index contributed by atoms with van der Waals surface area (Å²) in [6, 6.07) is 3.07. The van der Waals surface area contributed by atoms with E-state index in [1.807, 2.05) is 26.1 Å². The molecule has 0 saturated carbocycles. The zero-order valence-corrected chi connectivity index (χ0v) is 17.0. The van der Waals surface area contributed by atoms with Crippen molar-refractivity contribution in [3.05, 3.63) is 39.9 Å². The zero-order valence-electron chi connectivity index (χ0n) is 16.3. The van der Waals surface area contributed by atoms with Crippen molar-refractivity contribution in [2.24, 2.45) is 0 Å². The standard InChI is InChI=1S/C20H22ClN3O3/c1-11-10-20(2,3)24(6)16-9-15(21)12(7-13(11)16)8-14-17(25)22(4)19(27)23(5)18(14)26/h7-10H,1-6H3. The number of anilines is 1. The molecule has 1 aromatic carbocycles. The third-order valence-electron chi connectivity index (χ3n) is 5.28. The van der Waals surface area contributed by atoms with Crippen LogP contribution in [0.1, 0.15) is 31.9 Å². The molecule has 6 nitrogen and oxygen atoms in total. The Morgan fingerprint density at radius 1 is 1.00 bits per heavy atom. The molecule has 1 fully saturated rings. The smallest absolute Gasteiger partial charge is 0.333 e. The maximum atomic E-state index is 12.4. The average Bonchev–Trinajstić information content (AvgIpc) is 2.60. The molecule has 1 saturated heterocycles. The third-order valence-corrected chi connectivity index (χ3v) is 5.61. The van der Waals surface area contributed by atoms with Gasteiger partial charge in [-0.3, -0.25) is 19.4 Å². The summed E-state index contributed by atoms with van der Waals surface area (Å²) in [7, 11) is 4.69. The van der Waals surface area contributed by atoms with Crippen LogP contribution >= 0.6 is 11.6 Å². The summed E-state index contributed by atoms with van der Waals surface area (Å²) in [5.41, 5.74) is 3.38. The first kappa shape index (κ1) is 19.2. The van der Waals surface area contributed by atoms with Gasteiger partial charge in [0.2, 0.25) is 0 Å². The van der Waals surface area contributed by atoms with E-state index in [1.54, 1.807) is 0 Å². The second kappa shape index (κ2) is 6.23. The topological polar surface area (TPSA) is 60.9 Å². The Labute approximate surface area is 163 Å². The van der Waals surface area contributed by atoms with Crippen LogP contribution < -0.4 is 4.90 Å². The molecule has 2 heterocycles. The van der Waals surface area contributed by atoms with E-state index in [-0.39, 0.29) is 11.1 Å². The highest BCUT2D eigenvalue weighted by Gasteiger charge is 2.38. The highest BCUT2D eigenvalue weighted by Crippen LogP contribution is 2.41. The van der Waals surface area contributed by atoms with Crippen LogP contribution in [0.2, 0.25) is 5.02 Å². The van der Waals surface area contributed by atoms with Crippen LogP contribution in [0.25, 0.3) is 11.6 Å². The molecular weight excluding hydrogens is 366 g/mol. The first-order chi connectivity index (χ1) is 12.5. The molecule has 0 aromatic heterocycles. The average molecular weight is 388 g/mol. The Kier molecular flexibility index (Phi) is 4.43. The minimum atomic E-state index is -0.652. The van der Waals surface area contributed by atoms with Crippen LogP contribution in [-0.4, -0.2) is 54.3 Å². The van der Waals surface area contributed by atoms with Crippen molar-refractivity contribution in [3.8, 4) is 0 Å². The number of halogens is 1. The third kappa shape index (κ3) is 2.94. The van der Waals surface area contributed by atoms with Crippen molar-refractivity contribution >= 4 is 46.8 Å². The van der Waals surface area contributed by atoms with Crippen LogP contribution in [0.3, 0.4) is 0 Å². The number of fused-ring (bicyclic) bond motifs is 1. The van der Waals surface area contributed by atoms with Crippen molar-refractivity contribution in [2.45, 2.75) is 26.3 Å². The van der Waals surface area contributed by atoms with E-state index >= 15 is 0 Å². The normalized spacial score (nSPS) is 19.4.